The van der Waals surface area contributed by atoms with Gasteiger partial charge in [-0.25, -0.2) is 4.98 Å². The number of pyridine rings is 1. The Morgan fingerprint density at radius 2 is 1.76 bits per heavy atom. The Morgan fingerprint density at radius 1 is 1.16 bits per heavy atom. The molecule has 0 aliphatic carbocycles. The first kappa shape index (κ1) is 18.8. The minimum absolute atomic E-state index is 0.0855. The molecule has 25 heavy (non-hydrogen) atoms. The summed E-state index contributed by atoms with van der Waals surface area (Å²) < 4.78 is 38.3. The van der Waals surface area contributed by atoms with Crippen LogP contribution in [0.5, 0.6) is 0 Å². The van der Waals surface area contributed by atoms with Gasteiger partial charge in [-0.2, -0.15) is 13.2 Å². The lowest BCUT2D eigenvalue weighted by Gasteiger charge is -2.20. The number of carbonyl (C=O) groups excluding carboxylic acids is 1. The van der Waals surface area contributed by atoms with Gasteiger partial charge in [-0.1, -0.05) is 17.7 Å². The first-order valence-electron chi connectivity index (χ1n) is 7.70. The topological polar surface area (TPSA) is 45.2 Å². The van der Waals surface area contributed by atoms with E-state index in [1.54, 1.807) is 0 Å². The van der Waals surface area contributed by atoms with Gasteiger partial charge in [0.25, 0.3) is 0 Å². The van der Waals surface area contributed by atoms with Crippen LogP contribution in [0, 0.1) is 20.8 Å². The number of amides is 1. The van der Waals surface area contributed by atoms with Crippen molar-refractivity contribution in [2.75, 3.05) is 23.8 Å². The SMILES string of the molecule is Cc1cc(C)c(NC(=O)CN(C)c2cc(C(F)(F)F)ccn2)c(C)c1. The number of likely N-dealkylation sites (N-methyl/N-ethyl adjacent to an activating group) is 1. The third-order valence-corrected chi connectivity index (χ3v) is 3.79. The van der Waals surface area contributed by atoms with Gasteiger partial charge in [0.15, 0.2) is 0 Å². The van der Waals surface area contributed by atoms with Gasteiger partial charge in [0.1, 0.15) is 5.82 Å². The highest BCUT2D eigenvalue weighted by Crippen LogP contribution is 2.30. The van der Waals surface area contributed by atoms with Crippen molar-refractivity contribution in [3.05, 3.63) is 52.7 Å². The Balaban J connectivity index is 2.11. The lowest BCUT2D eigenvalue weighted by atomic mass is 10.1. The minimum Gasteiger partial charge on any atom is -0.350 e. The number of aromatic nitrogens is 1. The lowest BCUT2D eigenvalue weighted by Crippen LogP contribution is -2.31. The molecule has 1 aromatic carbocycles. The molecule has 0 aliphatic rings. The number of nitrogens with one attached hydrogen (secondary N) is 1. The zero-order valence-electron chi connectivity index (χ0n) is 14.5. The molecule has 0 spiro atoms. The molecule has 0 fully saturated rings. The van der Waals surface area contributed by atoms with Gasteiger partial charge in [0.05, 0.1) is 12.1 Å². The average molecular weight is 351 g/mol. The Hall–Kier alpha value is -2.57. The van der Waals surface area contributed by atoms with E-state index >= 15 is 0 Å². The second-order valence-electron chi connectivity index (χ2n) is 6.08. The maximum atomic E-state index is 12.8. The van der Waals surface area contributed by atoms with Gasteiger partial charge >= 0.3 is 6.18 Å². The van der Waals surface area contributed by atoms with Crippen LogP contribution in [0.25, 0.3) is 0 Å². The number of hydrogen-bond donors (Lipinski definition) is 1. The van der Waals surface area contributed by atoms with Crippen molar-refractivity contribution in [2.24, 2.45) is 0 Å². The molecule has 2 aromatic rings. The maximum absolute atomic E-state index is 12.8. The molecule has 1 amide bonds. The van der Waals surface area contributed by atoms with Gasteiger partial charge in [0.2, 0.25) is 5.91 Å². The predicted octanol–water partition coefficient (Wildman–Crippen LogP) is 4.10. The molecule has 0 saturated heterocycles. The fourth-order valence-corrected chi connectivity index (χ4v) is 2.66. The van der Waals surface area contributed by atoms with Crippen molar-refractivity contribution >= 4 is 17.4 Å². The lowest BCUT2D eigenvalue weighted by molar-refractivity contribution is -0.137. The highest BCUT2D eigenvalue weighted by Gasteiger charge is 2.31. The van der Waals surface area contributed by atoms with Crippen LogP contribution in [0.1, 0.15) is 22.3 Å². The molecule has 1 N–H and O–H groups in total. The number of hydrogen-bond acceptors (Lipinski definition) is 3. The minimum atomic E-state index is -4.45. The molecule has 0 atom stereocenters. The van der Waals surface area contributed by atoms with Crippen LogP contribution in [-0.4, -0.2) is 24.5 Å². The summed E-state index contributed by atoms with van der Waals surface area (Å²) in [5.41, 5.74) is 2.89. The molecule has 7 heteroatoms. The van der Waals surface area contributed by atoms with E-state index in [2.05, 4.69) is 10.3 Å². The highest BCUT2D eigenvalue weighted by molar-refractivity contribution is 5.95. The molecule has 0 unspecified atom stereocenters. The number of carbonyl (C=O) groups is 1. The standard InChI is InChI=1S/C18H20F3N3O/c1-11-7-12(2)17(13(3)8-11)23-16(25)10-24(4)15-9-14(5-6-22-15)18(19,20)21/h5-9H,10H2,1-4H3,(H,23,25). The Labute approximate surface area is 144 Å². The zero-order valence-corrected chi connectivity index (χ0v) is 14.5. The van der Waals surface area contributed by atoms with Gasteiger partial charge in [-0.05, 0) is 44.0 Å². The van der Waals surface area contributed by atoms with E-state index < -0.39 is 11.7 Å². The van der Waals surface area contributed by atoms with Crippen LogP contribution in [0.3, 0.4) is 0 Å². The molecule has 0 aliphatic heterocycles. The van der Waals surface area contributed by atoms with Crippen LogP contribution in [0.2, 0.25) is 0 Å². The second kappa shape index (κ2) is 7.13. The Kier molecular flexibility index (Phi) is 5.35. The van der Waals surface area contributed by atoms with Crippen molar-refractivity contribution in [2.45, 2.75) is 26.9 Å². The normalized spacial score (nSPS) is 11.3. The molecule has 0 radical (unpaired) electrons. The quantitative estimate of drug-likeness (QED) is 0.902. The number of halogens is 3. The summed E-state index contributed by atoms with van der Waals surface area (Å²) in [7, 11) is 1.52. The van der Waals surface area contributed by atoms with Crippen LogP contribution < -0.4 is 10.2 Å². The largest absolute Gasteiger partial charge is 0.416 e. The van der Waals surface area contributed by atoms with Gasteiger partial charge in [-0.15, -0.1) is 0 Å². The van der Waals surface area contributed by atoms with Crippen LogP contribution in [0.4, 0.5) is 24.7 Å². The zero-order chi connectivity index (χ0) is 18.8. The summed E-state index contributed by atoms with van der Waals surface area (Å²) in [5.74, 6) is -0.237. The molecular weight excluding hydrogens is 331 g/mol. The van der Waals surface area contributed by atoms with E-state index in [1.807, 2.05) is 32.9 Å². The van der Waals surface area contributed by atoms with Gasteiger partial charge in [0, 0.05) is 18.9 Å². The first-order valence-corrected chi connectivity index (χ1v) is 7.70. The number of benzene rings is 1. The summed E-state index contributed by atoms with van der Waals surface area (Å²) in [6.07, 6.45) is -3.36. The first-order chi connectivity index (χ1) is 11.6. The summed E-state index contributed by atoms with van der Waals surface area (Å²) in [5, 5.41) is 2.82. The smallest absolute Gasteiger partial charge is 0.350 e. The molecular formula is C18H20F3N3O. The van der Waals surface area contributed by atoms with Gasteiger partial charge < -0.3 is 10.2 Å². The molecule has 1 aromatic heterocycles. The van der Waals surface area contributed by atoms with Crippen LogP contribution in [0.15, 0.2) is 30.5 Å². The molecule has 0 bridgehead atoms. The van der Waals surface area contributed by atoms with Crippen molar-refractivity contribution in [1.29, 1.82) is 0 Å². The summed E-state index contributed by atoms with van der Waals surface area (Å²) in [4.78, 5) is 17.5. The molecule has 1 heterocycles. The maximum Gasteiger partial charge on any atom is 0.416 e. The van der Waals surface area contributed by atoms with Crippen molar-refractivity contribution in [3.63, 3.8) is 0 Å². The van der Waals surface area contributed by atoms with E-state index in [0.717, 1.165) is 40.7 Å². The fourth-order valence-electron chi connectivity index (χ4n) is 2.66. The predicted molar refractivity (Wildman–Crippen MR) is 91.8 cm³/mol. The average Bonchev–Trinajstić information content (AvgIpc) is 2.50. The van der Waals surface area contributed by atoms with Crippen LogP contribution >= 0.6 is 0 Å². The van der Waals surface area contributed by atoms with Crippen LogP contribution in [-0.2, 0) is 11.0 Å². The monoisotopic (exact) mass is 351 g/mol. The molecule has 2 rings (SSSR count). The Morgan fingerprint density at radius 3 is 2.32 bits per heavy atom. The number of nitrogens with zero attached hydrogens (tertiary/aromatic N) is 2. The number of rotatable bonds is 4. The summed E-state index contributed by atoms with van der Waals surface area (Å²) in [6.45, 7) is 5.65. The number of alkyl halides is 3. The number of aryl methyl sites for hydroxylation is 3. The summed E-state index contributed by atoms with van der Waals surface area (Å²) in [6, 6.07) is 5.74. The van der Waals surface area contributed by atoms with Crippen molar-refractivity contribution < 1.29 is 18.0 Å². The third-order valence-electron chi connectivity index (χ3n) is 3.79. The van der Waals surface area contributed by atoms with E-state index in [0.29, 0.717) is 0 Å². The second-order valence-corrected chi connectivity index (χ2v) is 6.08. The molecule has 4 nitrogen and oxygen atoms in total. The highest BCUT2D eigenvalue weighted by atomic mass is 19.4. The number of anilines is 2. The third kappa shape index (κ3) is 4.71. The van der Waals surface area contributed by atoms with Crippen molar-refractivity contribution in [3.8, 4) is 0 Å². The Bertz CT molecular complexity index is 764. The fraction of sp³-hybridized carbons (Fsp3) is 0.333. The summed E-state index contributed by atoms with van der Waals surface area (Å²) >= 11 is 0. The van der Waals surface area contributed by atoms with Crippen molar-refractivity contribution in [1.82, 2.24) is 4.98 Å². The van der Waals surface area contributed by atoms with E-state index in [1.165, 1.54) is 11.9 Å². The molecule has 134 valence electrons. The van der Waals surface area contributed by atoms with Gasteiger partial charge in [-0.3, -0.25) is 4.79 Å². The molecule has 0 saturated carbocycles. The van der Waals surface area contributed by atoms with E-state index in [4.69, 9.17) is 0 Å². The van der Waals surface area contributed by atoms with E-state index in [9.17, 15) is 18.0 Å². The van der Waals surface area contributed by atoms with E-state index in [-0.39, 0.29) is 18.3 Å².